The summed E-state index contributed by atoms with van der Waals surface area (Å²) in [7, 11) is 1.59. The zero-order chi connectivity index (χ0) is 26.7. The van der Waals surface area contributed by atoms with Crippen LogP contribution in [0.25, 0.3) is 0 Å². The van der Waals surface area contributed by atoms with E-state index in [1.165, 1.54) is 6.42 Å². The SMILES string of the molecule is COc1ccc(OCC(=O)N(Cc2ccccc2Cl)C(Cc2ccccc2)C(=O)NC2CCCCC2)cc1. The predicted octanol–water partition coefficient (Wildman–Crippen LogP) is 5.82. The minimum Gasteiger partial charge on any atom is -0.497 e. The van der Waals surface area contributed by atoms with Crippen LogP contribution in [0.4, 0.5) is 0 Å². The summed E-state index contributed by atoms with van der Waals surface area (Å²) >= 11 is 6.49. The van der Waals surface area contributed by atoms with Crippen LogP contribution >= 0.6 is 11.6 Å². The molecular weight excluding hydrogens is 500 g/mol. The summed E-state index contributed by atoms with van der Waals surface area (Å²) in [4.78, 5) is 29.1. The number of hydrogen-bond donors (Lipinski definition) is 1. The van der Waals surface area contributed by atoms with Crippen molar-refractivity contribution in [3.63, 3.8) is 0 Å². The minimum absolute atomic E-state index is 0.127. The first kappa shape index (κ1) is 27.5. The van der Waals surface area contributed by atoms with Gasteiger partial charge in [0.05, 0.1) is 7.11 Å². The number of carbonyl (C=O) groups is 2. The van der Waals surface area contributed by atoms with E-state index >= 15 is 0 Å². The summed E-state index contributed by atoms with van der Waals surface area (Å²) in [5.41, 5.74) is 1.75. The molecule has 1 fully saturated rings. The monoisotopic (exact) mass is 534 g/mol. The molecule has 0 bridgehead atoms. The van der Waals surface area contributed by atoms with Crippen molar-refractivity contribution in [3.05, 3.63) is 95.0 Å². The summed E-state index contributed by atoms with van der Waals surface area (Å²) < 4.78 is 11.0. The van der Waals surface area contributed by atoms with E-state index in [4.69, 9.17) is 21.1 Å². The molecule has 0 aromatic heterocycles. The molecule has 0 aliphatic heterocycles. The van der Waals surface area contributed by atoms with Crippen LogP contribution in [0.3, 0.4) is 0 Å². The highest BCUT2D eigenvalue weighted by Crippen LogP contribution is 2.23. The van der Waals surface area contributed by atoms with E-state index < -0.39 is 6.04 Å². The largest absolute Gasteiger partial charge is 0.497 e. The van der Waals surface area contributed by atoms with Gasteiger partial charge in [-0.25, -0.2) is 0 Å². The highest BCUT2D eigenvalue weighted by atomic mass is 35.5. The van der Waals surface area contributed by atoms with Crippen LogP contribution in [0.2, 0.25) is 5.02 Å². The first-order chi connectivity index (χ1) is 18.5. The fourth-order valence-corrected chi connectivity index (χ4v) is 5.00. The number of benzene rings is 3. The Morgan fingerprint density at radius 3 is 2.26 bits per heavy atom. The zero-order valence-corrected chi connectivity index (χ0v) is 22.5. The molecule has 38 heavy (non-hydrogen) atoms. The van der Waals surface area contributed by atoms with Crippen molar-refractivity contribution in [2.45, 2.75) is 57.2 Å². The predicted molar refractivity (Wildman–Crippen MR) is 149 cm³/mol. The van der Waals surface area contributed by atoms with Gasteiger partial charge in [0, 0.05) is 24.0 Å². The molecule has 3 aromatic carbocycles. The van der Waals surface area contributed by atoms with Crippen molar-refractivity contribution >= 4 is 23.4 Å². The summed E-state index contributed by atoms with van der Waals surface area (Å²) in [6, 6.07) is 23.6. The van der Waals surface area contributed by atoms with Crippen LogP contribution < -0.4 is 14.8 Å². The first-order valence-electron chi connectivity index (χ1n) is 13.2. The summed E-state index contributed by atoms with van der Waals surface area (Å²) in [6.07, 6.45) is 5.71. The van der Waals surface area contributed by atoms with E-state index in [1.807, 2.05) is 48.5 Å². The van der Waals surface area contributed by atoms with Gasteiger partial charge in [0.2, 0.25) is 5.91 Å². The van der Waals surface area contributed by atoms with Crippen molar-refractivity contribution in [3.8, 4) is 11.5 Å². The van der Waals surface area contributed by atoms with E-state index in [9.17, 15) is 9.59 Å². The van der Waals surface area contributed by atoms with Gasteiger partial charge in [-0.1, -0.05) is 79.4 Å². The van der Waals surface area contributed by atoms with Crippen LogP contribution in [-0.4, -0.2) is 42.5 Å². The Labute approximate surface area is 229 Å². The van der Waals surface area contributed by atoms with Gasteiger partial charge in [0.1, 0.15) is 17.5 Å². The lowest BCUT2D eigenvalue weighted by Crippen LogP contribution is -2.53. The molecule has 0 saturated heterocycles. The van der Waals surface area contributed by atoms with Crippen molar-refractivity contribution in [1.29, 1.82) is 0 Å². The Balaban J connectivity index is 1.60. The molecule has 7 heteroatoms. The van der Waals surface area contributed by atoms with E-state index in [-0.39, 0.29) is 31.0 Å². The van der Waals surface area contributed by atoms with Crippen molar-refractivity contribution in [1.82, 2.24) is 10.2 Å². The average molecular weight is 535 g/mol. The maximum absolute atomic E-state index is 13.8. The lowest BCUT2D eigenvalue weighted by Gasteiger charge is -2.33. The molecule has 2 amide bonds. The molecular formula is C31H35ClN2O4. The molecule has 6 nitrogen and oxygen atoms in total. The molecule has 1 aliphatic carbocycles. The molecule has 1 aliphatic rings. The number of hydrogen-bond acceptors (Lipinski definition) is 4. The van der Waals surface area contributed by atoms with Crippen LogP contribution in [0.1, 0.15) is 43.2 Å². The fraction of sp³-hybridized carbons (Fsp3) is 0.355. The highest BCUT2D eigenvalue weighted by Gasteiger charge is 2.32. The number of nitrogens with zero attached hydrogens (tertiary/aromatic N) is 1. The number of methoxy groups -OCH3 is 1. The number of ether oxygens (including phenoxy) is 2. The normalized spacial score (nSPS) is 14.4. The second-order valence-electron chi connectivity index (χ2n) is 9.63. The van der Waals surface area contributed by atoms with Gasteiger partial charge >= 0.3 is 0 Å². The van der Waals surface area contributed by atoms with E-state index in [0.717, 1.165) is 36.8 Å². The lowest BCUT2D eigenvalue weighted by atomic mass is 9.94. The molecule has 0 spiro atoms. The van der Waals surface area contributed by atoms with Gasteiger partial charge in [-0.3, -0.25) is 9.59 Å². The minimum atomic E-state index is -0.720. The molecule has 0 heterocycles. The fourth-order valence-electron chi connectivity index (χ4n) is 4.81. The smallest absolute Gasteiger partial charge is 0.261 e. The number of nitrogens with one attached hydrogen (secondary N) is 1. The third-order valence-electron chi connectivity index (χ3n) is 6.94. The van der Waals surface area contributed by atoms with Gasteiger partial charge in [-0.05, 0) is 54.3 Å². The number of amides is 2. The molecule has 1 unspecified atom stereocenters. The Morgan fingerprint density at radius 1 is 0.921 bits per heavy atom. The van der Waals surface area contributed by atoms with Crippen molar-refractivity contribution in [2.24, 2.45) is 0 Å². The lowest BCUT2D eigenvalue weighted by molar-refractivity contribution is -0.143. The van der Waals surface area contributed by atoms with Crippen LogP contribution in [-0.2, 0) is 22.6 Å². The number of rotatable bonds is 11. The van der Waals surface area contributed by atoms with Gasteiger partial charge < -0.3 is 19.7 Å². The van der Waals surface area contributed by atoms with E-state index in [2.05, 4.69) is 5.32 Å². The summed E-state index contributed by atoms with van der Waals surface area (Å²) in [5.74, 6) is 0.806. The average Bonchev–Trinajstić information content (AvgIpc) is 2.96. The highest BCUT2D eigenvalue weighted by molar-refractivity contribution is 6.31. The quantitative estimate of drug-likeness (QED) is 0.337. The summed E-state index contributed by atoms with van der Waals surface area (Å²) in [6.45, 7) is -0.0150. The third kappa shape index (κ3) is 7.75. The maximum Gasteiger partial charge on any atom is 0.261 e. The Bertz CT molecular complexity index is 1180. The van der Waals surface area contributed by atoms with Crippen LogP contribution in [0.15, 0.2) is 78.9 Å². The second-order valence-corrected chi connectivity index (χ2v) is 10.0. The summed E-state index contributed by atoms with van der Waals surface area (Å²) in [5, 5.41) is 3.79. The van der Waals surface area contributed by atoms with Gasteiger partial charge in [0.25, 0.3) is 5.91 Å². The molecule has 1 atom stereocenters. The molecule has 1 saturated carbocycles. The van der Waals surface area contributed by atoms with Crippen molar-refractivity contribution in [2.75, 3.05) is 13.7 Å². The van der Waals surface area contributed by atoms with Crippen LogP contribution in [0.5, 0.6) is 11.5 Å². The second kappa shape index (κ2) is 13.9. The standard InChI is InChI=1S/C31H35ClN2O4/c1-37-26-16-18-27(19-17-26)38-22-30(35)34(21-24-12-8-9-15-28(24)32)29(20-23-10-4-2-5-11-23)31(36)33-25-13-6-3-7-14-25/h2,4-5,8-12,15-19,25,29H,3,6-7,13-14,20-22H2,1H3,(H,33,36). The van der Waals surface area contributed by atoms with Gasteiger partial charge in [-0.15, -0.1) is 0 Å². The Hall–Kier alpha value is -3.51. The maximum atomic E-state index is 13.8. The molecule has 3 aromatic rings. The number of halogens is 1. The molecule has 200 valence electrons. The Morgan fingerprint density at radius 2 is 1.58 bits per heavy atom. The van der Waals surface area contributed by atoms with Crippen molar-refractivity contribution < 1.29 is 19.1 Å². The van der Waals surface area contributed by atoms with E-state index in [1.54, 1.807) is 42.3 Å². The molecule has 1 N–H and O–H groups in total. The zero-order valence-electron chi connectivity index (χ0n) is 21.8. The molecule has 4 rings (SSSR count). The first-order valence-corrected chi connectivity index (χ1v) is 13.6. The van der Waals surface area contributed by atoms with Gasteiger partial charge in [-0.2, -0.15) is 0 Å². The third-order valence-corrected chi connectivity index (χ3v) is 7.31. The van der Waals surface area contributed by atoms with E-state index in [0.29, 0.717) is 22.9 Å². The molecule has 0 radical (unpaired) electrons. The van der Waals surface area contributed by atoms with Crippen LogP contribution in [0, 0.1) is 0 Å². The topological polar surface area (TPSA) is 67.9 Å². The number of carbonyl (C=O) groups excluding carboxylic acids is 2. The van der Waals surface area contributed by atoms with Gasteiger partial charge in [0.15, 0.2) is 6.61 Å². The Kier molecular flexibility index (Phi) is 10.0.